The number of benzene rings is 2. The summed E-state index contributed by atoms with van der Waals surface area (Å²) >= 11 is 0. The minimum Gasteiger partial charge on any atom is -0.370 e. The number of aromatic amines is 1. The van der Waals surface area contributed by atoms with Gasteiger partial charge in [0.2, 0.25) is 5.56 Å². The highest BCUT2D eigenvalue weighted by Gasteiger charge is 2.18. The molecule has 0 spiro atoms. The van der Waals surface area contributed by atoms with Crippen LogP contribution >= 0.6 is 0 Å². The summed E-state index contributed by atoms with van der Waals surface area (Å²) in [6.07, 6.45) is 3.32. The fourth-order valence-corrected chi connectivity index (χ4v) is 3.60. The third-order valence-electron chi connectivity index (χ3n) is 4.90. The first-order valence-corrected chi connectivity index (χ1v) is 9.10. The van der Waals surface area contributed by atoms with Gasteiger partial charge in [0.1, 0.15) is 5.82 Å². The number of carbonyl (C=O) groups excluding carboxylic acids is 1. The van der Waals surface area contributed by atoms with E-state index in [-0.39, 0.29) is 11.1 Å². The van der Waals surface area contributed by atoms with Crippen LogP contribution < -0.4 is 15.8 Å². The first-order valence-electron chi connectivity index (χ1n) is 9.10. The van der Waals surface area contributed by atoms with E-state index in [1.54, 1.807) is 30.3 Å². The van der Waals surface area contributed by atoms with Crippen LogP contribution in [0.15, 0.2) is 53.3 Å². The summed E-state index contributed by atoms with van der Waals surface area (Å²) in [5.41, 5.74) is 1.73. The molecule has 0 bridgehead atoms. The fourth-order valence-electron chi connectivity index (χ4n) is 3.60. The Balaban J connectivity index is 1.71. The molecule has 6 heteroatoms. The Morgan fingerprint density at radius 2 is 1.81 bits per heavy atom. The van der Waals surface area contributed by atoms with Crippen LogP contribution in [0.2, 0.25) is 0 Å². The maximum absolute atomic E-state index is 13.9. The van der Waals surface area contributed by atoms with Gasteiger partial charge in [-0.2, -0.15) is 0 Å². The fraction of sp³-hybridized carbons (Fsp3) is 0.238. The molecule has 0 saturated carbocycles. The standard InChI is InChI=1S/C21H20FN3O2/c22-14-8-9-19(25-10-4-1-5-11-25)18(12-14)24-21(27)16-13-20(26)23-17-7-3-2-6-15(16)17/h2-3,6-9,12-13H,1,4-5,10-11H2,(H,23,26)(H,24,27). The number of pyridine rings is 1. The predicted octanol–water partition coefficient (Wildman–Crippen LogP) is 3.91. The van der Waals surface area contributed by atoms with E-state index in [2.05, 4.69) is 15.2 Å². The minimum atomic E-state index is -0.429. The second kappa shape index (κ2) is 7.23. The van der Waals surface area contributed by atoms with Crippen molar-refractivity contribution in [1.29, 1.82) is 0 Å². The summed E-state index contributed by atoms with van der Waals surface area (Å²) < 4.78 is 13.9. The Labute approximate surface area is 155 Å². The maximum atomic E-state index is 13.9. The van der Waals surface area contributed by atoms with E-state index in [0.717, 1.165) is 31.6 Å². The van der Waals surface area contributed by atoms with Gasteiger partial charge in [0.25, 0.3) is 5.91 Å². The van der Waals surface area contributed by atoms with Crippen molar-refractivity contribution < 1.29 is 9.18 Å². The zero-order valence-electron chi connectivity index (χ0n) is 14.8. The lowest BCUT2D eigenvalue weighted by Crippen LogP contribution is -2.30. The normalized spacial score (nSPS) is 14.3. The van der Waals surface area contributed by atoms with Gasteiger partial charge >= 0.3 is 0 Å². The van der Waals surface area contributed by atoms with Crippen molar-refractivity contribution >= 4 is 28.2 Å². The second-order valence-electron chi connectivity index (χ2n) is 6.76. The molecule has 0 atom stereocenters. The van der Waals surface area contributed by atoms with E-state index < -0.39 is 11.7 Å². The van der Waals surface area contributed by atoms with Crippen LogP contribution in [0.4, 0.5) is 15.8 Å². The number of anilines is 2. The second-order valence-corrected chi connectivity index (χ2v) is 6.76. The van der Waals surface area contributed by atoms with Crippen molar-refractivity contribution in [2.24, 2.45) is 0 Å². The van der Waals surface area contributed by atoms with Crippen LogP contribution in [-0.4, -0.2) is 24.0 Å². The molecule has 3 aromatic rings. The number of halogens is 1. The highest BCUT2D eigenvalue weighted by Crippen LogP contribution is 2.30. The summed E-state index contributed by atoms with van der Waals surface area (Å²) in [7, 11) is 0. The van der Waals surface area contributed by atoms with Crippen LogP contribution in [0, 0.1) is 5.82 Å². The van der Waals surface area contributed by atoms with Crippen molar-refractivity contribution in [2.75, 3.05) is 23.3 Å². The molecule has 27 heavy (non-hydrogen) atoms. The average molecular weight is 365 g/mol. The van der Waals surface area contributed by atoms with E-state index in [1.807, 2.05) is 0 Å². The Bertz CT molecular complexity index is 1050. The summed E-state index contributed by atoms with van der Waals surface area (Å²) in [5.74, 6) is -0.844. The monoisotopic (exact) mass is 365 g/mol. The van der Waals surface area contributed by atoms with Gasteiger partial charge in [-0.25, -0.2) is 4.39 Å². The molecule has 1 amide bonds. The van der Waals surface area contributed by atoms with E-state index >= 15 is 0 Å². The molecule has 2 aromatic carbocycles. The number of rotatable bonds is 3. The van der Waals surface area contributed by atoms with Gasteiger partial charge in [-0.3, -0.25) is 9.59 Å². The summed E-state index contributed by atoms with van der Waals surface area (Å²) in [4.78, 5) is 29.7. The first kappa shape index (κ1) is 17.3. The lowest BCUT2D eigenvalue weighted by atomic mass is 10.1. The molecular weight excluding hydrogens is 345 g/mol. The van der Waals surface area contributed by atoms with E-state index in [1.165, 1.54) is 24.6 Å². The molecule has 5 nitrogen and oxygen atoms in total. The van der Waals surface area contributed by atoms with Crippen LogP contribution in [0.25, 0.3) is 10.9 Å². The van der Waals surface area contributed by atoms with Crippen molar-refractivity contribution in [3.8, 4) is 0 Å². The van der Waals surface area contributed by atoms with Gasteiger partial charge in [-0.1, -0.05) is 18.2 Å². The molecule has 1 fully saturated rings. The highest BCUT2D eigenvalue weighted by atomic mass is 19.1. The van der Waals surface area contributed by atoms with E-state index in [9.17, 15) is 14.0 Å². The molecule has 2 N–H and O–H groups in total. The molecule has 1 aliphatic heterocycles. The molecule has 2 heterocycles. The number of fused-ring (bicyclic) bond motifs is 1. The van der Waals surface area contributed by atoms with Gasteiger partial charge in [0, 0.05) is 30.1 Å². The molecular formula is C21H20FN3O2. The van der Waals surface area contributed by atoms with Crippen molar-refractivity contribution in [2.45, 2.75) is 19.3 Å². The molecule has 0 radical (unpaired) electrons. The SMILES string of the molecule is O=C(Nc1cc(F)ccc1N1CCCCC1)c1cc(=O)[nH]c2ccccc12. The van der Waals surface area contributed by atoms with Crippen LogP contribution in [0.1, 0.15) is 29.6 Å². The zero-order valence-corrected chi connectivity index (χ0v) is 14.8. The van der Waals surface area contributed by atoms with Gasteiger partial charge < -0.3 is 15.2 Å². The largest absolute Gasteiger partial charge is 0.370 e. The van der Waals surface area contributed by atoms with Crippen molar-refractivity contribution in [1.82, 2.24) is 4.98 Å². The summed E-state index contributed by atoms with van der Waals surface area (Å²) in [6, 6.07) is 12.8. The smallest absolute Gasteiger partial charge is 0.256 e. The Morgan fingerprint density at radius 3 is 2.63 bits per heavy atom. The summed E-state index contributed by atoms with van der Waals surface area (Å²) in [6.45, 7) is 1.75. The van der Waals surface area contributed by atoms with E-state index in [0.29, 0.717) is 16.6 Å². The number of piperidine rings is 1. The lowest BCUT2D eigenvalue weighted by Gasteiger charge is -2.30. The molecule has 1 saturated heterocycles. The molecule has 1 aliphatic rings. The summed E-state index contributed by atoms with van der Waals surface area (Å²) in [5, 5.41) is 3.45. The number of H-pyrrole nitrogens is 1. The number of aromatic nitrogens is 1. The Hall–Kier alpha value is -3.15. The highest BCUT2D eigenvalue weighted by molar-refractivity contribution is 6.13. The minimum absolute atomic E-state index is 0.267. The van der Waals surface area contributed by atoms with Crippen LogP contribution in [0.5, 0.6) is 0 Å². The lowest BCUT2D eigenvalue weighted by molar-refractivity contribution is 0.102. The number of nitrogens with zero attached hydrogens (tertiary/aromatic N) is 1. The van der Waals surface area contributed by atoms with Gasteiger partial charge in [-0.15, -0.1) is 0 Å². The zero-order chi connectivity index (χ0) is 18.8. The third kappa shape index (κ3) is 3.56. The van der Waals surface area contributed by atoms with Crippen LogP contribution in [-0.2, 0) is 0 Å². The topological polar surface area (TPSA) is 65.2 Å². The molecule has 138 valence electrons. The van der Waals surface area contributed by atoms with E-state index in [4.69, 9.17) is 0 Å². The van der Waals surface area contributed by atoms with Crippen molar-refractivity contribution in [3.05, 3.63) is 70.3 Å². The number of hydrogen-bond donors (Lipinski definition) is 2. The Morgan fingerprint density at radius 1 is 1.04 bits per heavy atom. The molecule has 0 aliphatic carbocycles. The molecule has 0 unspecified atom stereocenters. The average Bonchev–Trinajstić information content (AvgIpc) is 2.68. The van der Waals surface area contributed by atoms with Gasteiger partial charge in [-0.05, 0) is 43.5 Å². The predicted molar refractivity (Wildman–Crippen MR) is 105 cm³/mol. The molecule has 4 rings (SSSR count). The quantitative estimate of drug-likeness (QED) is 0.740. The van der Waals surface area contributed by atoms with Gasteiger partial charge in [0.05, 0.1) is 16.9 Å². The van der Waals surface area contributed by atoms with Gasteiger partial charge in [0.15, 0.2) is 0 Å². The Kier molecular flexibility index (Phi) is 4.62. The number of carbonyl (C=O) groups is 1. The number of para-hydroxylation sites is 1. The number of nitrogens with one attached hydrogen (secondary N) is 2. The third-order valence-corrected chi connectivity index (χ3v) is 4.90. The number of hydrogen-bond acceptors (Lipinski definition) is 3. The van der Waals surface area contributed by atoms with Crippen LogP contribution in [0.3, 0.4) is 0 Å². The molecule has 1 aromatic heterocycles. The van der Waals surface area contributed by atoms with Crippen molar-refractivity contribution in [3.63, 3.8) is 0 Å². The maximum Gasteiger partial charge on any atom is 0.256 e. The number of amides is 1. The first-order chi connectivity index (χ1) is 13.1.